The quantitative estimate of drug-likeness (QED) is 0.528. The molecule has 0 bridgehead atoms. The van der Waals surface area contributed by atoms with Crippen molar-refractivity contribution in [3.63, 3.8) is 0 Å². The molecule has 0 amide bonds. The van der Waals surface area contributed by atoms with Crippen molar-refractivity contribution in [3.05, 3.63) is 77.1 Å². The van der Waals surface area contributed by atoms with E-state index >= 15 is 0 Å². The van der Waals surface area contributed by atoms with E-state index in [1.807, 2.05) is 55.3 Å². The van der Waals surface area contributed by atoms with Crippen LogP contribution in [-0.4, -0.2) is 24.5 Å². The molecule has 0 N–H and O–H groups in total. The van der Waals surface area contributed by atoms with Gasteiger partial charge in [0, 0.05) is 16.9 Å². The summed E-state index contributed by atoms with van der Waals surface area (Å²) in [6, 6.07) is 10.3. The monoisotopic (exact) mass is 359 g/mol. The standard InChI is InChI=1S/C21H23N6/c1-14-10-15(2)21(16(3)11-14)26-9-8-25(13-26)19-6-7-20(23-22-19)27-18(5)12-17(4)24-27/h6-13H,1-5H3/q+1. The summed E-state index contributed by atoms with van der Waals surface area (Å²) in [5, 5.41) is 13.2. The predicted molar refractivity (Wildman–Crippen MR) is 104 cm³/mol. The van der Waals surface area contributed by atoms with E-state index in [0.717, 1.165) is 23.0 Å². The van der Waals surface area contributed by atoms with Crippen molar-refractivity contribution < 1.29 is 4.57 Å². The maximum absolute atomic E-state index is 4.46. The second-order valence-corrected chi connectivity index (χ2v) is 7.06. The second-order valence-electron chi connectivity index (χ2n) is 7.06. The first-order valence-electron chi connectivity index (χ1n) is 8.97. The lowest BCUT2D eigenvalue weighted by Crippen LogP contribution is -2.29. The average Bonchev–Trinajstić information content (AvgIpc) is 3.21. The summed E-state index contributed by atoms with van der Waals surface area (Å²) in [5.74, 6) is 1.48. The fraction of sp³-hybridized carbons (Fsp3) is 0.238. The average molecular weight is 359 g/mol. The third-order valence-corrected chi connectivity index (χ3v) is 4.66. The highest BCUT2D eigenvalue weighted by molar-refractivity contribution is 5.49. The molecule has 0 unspecified atom stereocenters. The molecule has 0 aliphatic rings. The number of imidazole rings is 1. The fourth-order valence-electron chi connectivity index (χ4n) is 3.63. The molecule has 0 aliphatic heterocycles. The van der Waals surface area contributed by atoms with E-state index in [9.17, 15) is 0 Å². The molecule has 3 heterocycles. The summed E-state index contributed by atoms with van der Waals surface area (Å²) in [6.07, 6.45) is 6.06. The zero-order chi connectivity index (χ0) is 19.1. The van der Waals surface area contributed by atoms with Crippen LogP contribution in [0.3, 0.4) is 0 Å². The highest BCUT2D eigenvalue weighted by Gasteiger charge is 2.14. The van der Waals surface area contributed by atoms with Crippen LogP contribution in [0.5, 0.6) is 0 Å². The van der Waals surface area contributed by atoms with E-state index in [1.54, 1.807) is 4.68 Å². The minimum absolute atomic E-state index is 0.717. The zero-order valence-electron chi connectivity index (χ0n) is 16.3. The van der Waals surface area contributed by atoms with Crippen LogP contribution in [0.1, 0.15) is 28.1 Å². The van der Waals surface area contributed by atoms with Crippen molar-refractivity contribution >= 4 is 0 Å². The van der Waals surface area contributed by atoms with Gasteiger partial charge in [-0.05, 0) is 57.9 Å². The summed E-state index contributed by atoms with van der Waals surface area (Å²) < 4.78 is 5.90. The number of rotatable bonds is 3. The van der Waals surface area contributed by atoms with Gasteiger partial charge in [0.1, 0.15) is 11.9 Å². The smallest absolute Gasteiger partial charge is 0.236 e. The third kappa shape index (κ3) is 3.14. The molecule has 0 fully saturated rings. The largest absolute Gasteiger partial charge is 0.293 e. The van der Waals surface area contributed by atoms with Crippen LogP contribution in [0.4, 0.5) is 0 Å². The van der Waals surface area contributed by atoms with E-state index in [0.29, 0.717) is 0 Å². The van der Waals surface area contributed by atoms with E-state index in [4.69, 9.17) is 0 Å². The van der Waals surface area contributed by atoms with Crippen LogP contribution in [0.15, 0.2) is 49.1 Å². The van der Waals surface area contributed by atoms with Gasteiger partial charge in [-0.15, -0.1) is 0 Å². The van der Waals surface area contributed by atoms with E-state index < -0.39 is 0 Å². The molecule has 3 aromatic heterocycles. The van der Waals surface area contributed by atoms with E-state index in [-0.39, 0.29) is 0 Å². The first-order chi connectivity index (χ1) is 12.9. The second kappa shape index (κ2) is 6.46. The summed E-state index contributed by atoms with van der Waals surface area (Å²) >= 11 is 0. The lowest BCUT2D eigenvalue weighted by Gasteiger charge is -2.08. The van der Waals surface area contributed by atoms with Gasteiger partial charge in [-0.2, -0.15) is 5.10 Å². The number of benzene rings is 1. The fourth-order valence-corrected chi connectivity index (χ4v) is 3.63. The maximum Gasteiger partial charge on any atom is 0.293 e. The molecule has 0 spiro atoms. The molecule has 6 heteroatoms. The number of hydrogen-bond donors (Lipinski definition) is 0. The van der Waals surface area contributed by atoms with Gasteiger partial charge in [0.25, 0.3) is 5.82 Å². The van der Waals surface area contributed by atoms with Gasteiger partial charge in [-0.1, -0.05) is 22.8 Å². The van der Waals surface area contributed by atoms with Crippen LogP contribution in [0.2, 0.25) is 0 Å². The molecule has 0 saturated carbocycles. The Hall–Kier alpha value is -3.28. The minimum atomic E-state index is 0.717. The number of aromatic nitrogens is 6. The molecule has 0 atom stereocenters. The van der Waals surface area contributed by atoms with Crippen molar-refractivity contribution in [2.24, 2.45) is 0 Å². The molecule has 4 rings (SSSR count). The Morgan fingerprint density at radius 3 is 2.22 bits per heavy atom. The lowest BCUT2D eigenvalue weighted by molar-refractivity contribution is -0.599. The predicted octanol–water partition coefficient (Wildman–Crippen LogP) is 3.27. The molecule has 27 heavy (non-hydrogen) atoms. The van der Waals surface area contributed by atoms with Gasteiger partial charge in [-0.3, -0.25) is 0 Å². The Bertz CT molecular complexity index is 1100. The molecule has 4 aromatic rings. The lowest BCUT2D eigenvalue weighted by atomic mass is 10.1. The Kier molecular flexibility index (Phi) is 4.11. The van der Waals surface area contributed by atoms with Gasteiger partial charge >= 0.3 is 0 Å². The van der Waals surface area contributed by atoms with Gasteiger partial charge in [0.2, 0.25) is 0 Å². The third-order valence-electron chi connectivity index (χ3n) is 4.66. The van der Waals surface area contributed by atoms with E-state index in [2.05, 4.69) is 52.8 Å². The highest BCUT2D eigenvalue weighted by atomic mass is 15.4. The van der Waals surface area contributed by atoms with Gasteiger partial charge in [-0.25, -0.2) is 13.8 Å². The molecule has 136 valence electrons. The van der Waals surface area contributed by atoms with Crippen molar-refractivity contribution in [1.82, 2.24) is 24.5 Å². The SMILES string of the molecule is Cc1cc(C)c(-n2cc[n+](-c3ccc(-n4nc(C)cc4C)nn3)c2)c(C)c1. The Morgan fingerprint density at radius 1 is 0.889 bits per heavy atom. The van der Waals surface area contributed by atoms with Gasteiger partial charge in [0.15, 0.2) is 12.1 Å². The molecule has 6 nitrogen and oxygen atoms in total. The summed E-state index contributed by atoms with van der Waals surface area (Å²) in [7, 11) is 0. The van der Waals surface area contributed by atoms with Crippen LogP contribution in [0.25, 0.3) is 17.3 Å². The van der Waals surface area contributed by atoms with Crippen LogP contribution in [0, 0.1) is 34.6 Å². The van der Waals surface area contributed by atoms with Gasteiger partial charge < -0.3 is 0 Å². The molecule has 0 radical (unpaired) electrons. The van der Waals surface area contributed by atoms with Crippen LogP contribution < -0.4 is 4.57 Å². The summed E-state index contributed by atoms with van der Waals surface area (Å²) in [4.78, 5) is 0. The van der Waals surface area contributed by atoms with Crippen molar-refractivity contribution in [1.29, 1.82) is 0 Å². The Balaban J connectivity index is 1.67. The van der Waals surface area contributed by atoms with Crippen LogP contribution >= 0.6 is 0 Å². The molecular formula is C21H23N6+. The molecule has 0 saturated heterocycles. The Labute approximate surface area is 158 Å². The maximum atomic E-state index is 4.46. The first-order valence-corrected chi connectivity index (χ1v) is 8.97. The van der Waals surface area contributed by atoms with Crippen LogP contribution in [-0.2, 0) is 0 Å². The van der Waals surface area contributed by atoms with Crippen molar-refractivity contribution in [2.75, 3.05) is 0 Å². The minimum Gasteiger partial charge on any atom is -0.236 e. The summed E-state index contributed by atoms with van der Waals surface area (Å²) in [6.45, 7) is 10.4. The van der Waals surface area contributed by atoms with E-state index in [1.165, 1.54) is 22.4 Å². The number of aryl methyl sites for hydroxylation is 5. The van der Waals surface area contributed by atoms with Crippen molar-refractivity contribution in [2.45, 2.75) is 34.6 Å². The number of hydrogen-bond acceptors (Lipinski definition) is 3. The zero-order valence-corrected chi connectivity index (χ0v) is 16.3. The first kappa shape index (κ1) is 17.1. The summed E-state index contributed by atoms with van der Waals surface area (Å²) in [5.41, 5.74) is 6.99. The van der Waals surface area contributed by atoms with Gasteiger partial charge in [0.05, 0.1) is 11.9 Å². The molecular weight excluding hydrogens is 336 g/mol. The molecule has 0 aliphatic carbocycles. The normalized spacial score (nSPS) is 11.1. The molecule has 1 aromatic carbocycles. The topological polar surface area (TPSA) is 52.4 Å². The number of nitrogens with zero attached hydrogens (tertiary/aromatic N) is 6. The Morgan fingerprint density at radius 2 is 1.63 bits per heavy atom. The van der Waals surface area contributed by atoms with Crippen molar-refractivity contribution in [3.8, 4) is 17.3 Å². The highest BCUT2D eigenvalue weighted by Crippen LogP contribution is 2.20.